The lowest BCUT2D eigenvalue weighted by Gasteiger charge is -2.07. The van der Waals surface area contributed by atoms with Gasteiger partial charge in [0.25, 0.3) is 0 Å². The highest BCUT2D eigenvalue weighted by molar-refractivity contribution is 5.97. The molecule has 0 aliphatic heterocycles. The van der Waals surface area contributed by atoms with E-state index in [-0.39, 0.29) is 0 Å². The molecular weight excluding hydrogens is 1600 g/mol. The van der Waals surface area contributed by atoms with Gasteiger partial charge < -0.3 is 0 Å². The molecule has 21 aromatic carbocycles. The standard InChI is InChI=1S/2C17H14.C14H14.3C13H12.2C11H10.C9H12.C8H10.C7H8/c1-13-9-11-15(12-10-13)17-8-4-6-14-5-2-3-7-16(14)17;1-13-6-8-15(9-7-13)17-11-10-14-4-2-3-5-16(14)12-17;1-11-3-7-13(8-4-11)14-9-5-12(2)6-10-14;1-11-7-5-6-10-13(11)12-8-3-2-4-9-12;1-11-6-5-9-13(10-11)12-7-3-2-4-8-12;1-11-7-9-13(10-8-11)12-5-3-2-4-6-12;1-9-5-4-7-10-6-2-3-8-11(9)10;1-9-6-7-10-4-2-3-5-11(10)8-9;1-3-9-6-4-8(2)5-7-9;1-7-3-5-8(2)6-4-7;1-7-5-3-2-4-6-7/h2*2-12H,1H3;3-10H,1-2H3;3*2-10H,1H3;2*2-8H,1H3;4-7H,3H2,1-2H3;3-6H,1-2H3;2-6H,1H3. The van der Waals surface area contributed by atoms with Crippen LogP contribution in [0.15, 0.2) is 510 Å². The van der Waals surface area contributed by atoms with E-state index in [1.165, 1.54) is 188 Å². The van der Waals surface area contributed by atoms with Crippen LogP contribution in [0.5, 0.6) is 0 Å². The van der Waals surface area contributed by atoms with Crippen molar-refractivity contribution in [2.45, 2.75) is 103 Å². The van der Waals surface area contributed by atoms with Crippen molar-refractivity contribution in [3.63, 3.8) is 0 Å². The summed E-state index contributed by atoms with van der Waals surface area (Å²) in [6, 6.07) is 179. The van der Waals surface area contributed by atoms with Gasteiger partial charge in [-0.1, -0.05) is 572 Å². The maximum Gasteiger partial charge on any atom is -0.0105 e. The monoisotopic (exact) mass is 1730 g/mol. The fraction of sp³-hybridized carbons (Fsp3) is 0.113. The van der Waals surface area contributed by atoms with E-state index in [9.17, 15) is 0 Å². The zero-order chi connectivity index (χ0) is 93.7. The number of rotatable bonds is 7. The third-order valence-corrected chi connectivity index (χ3v) is 22.8. The summed E-state index contributed by atoms with van der Waals surface area (Å²) >= 11 is 0. The molecule has 0 radical (unpaired) electrons. The molecule has 133 heavy (non-hydrogen) atoms. The summed E-state index contributed by atoms with van der Waals surface area (Å²) in [4.78, 5) is 0. The molecular formula is C133H128. The highest BCUT2D eigenvalue weighted by Gasteiger charge is 2.06. The van der Waals surface area contributed by atoms with E-state index in [0.717, 1.165) is 6.42 Å². The Labute approximate surface area is 795 Å². The molecule has 0 atom stereocenters. The first kappa shape index (κ1) is 98.3. The molecule has 0 saturated carbocycles. The predicted molar refractivity (Wildman–Crippen MR) is 584 cm³/mol. The first-order chi connectivity index (χ1) is 64.8. The highest BCUT2D eigenvalue weighted by Crippen LogP contribution is 2.31. The normalized spacial score (nSPS) is 10.1. The van der Waals surface area contributed by atoms with Crippen LogP contribution in [0, 0.1) is 90.0 Å². The highest BCUT2D eigenvalue weighted by atomic mass is 14.1. The summed E-state index contributed by atoms with van der Waals surface area (Å²) in [5.41, 5.74) is 34.0. The molecule has 660 valence electrons. The van der Waals surface area contributed by atoms with Crippen LogP contribution in [0.3, 0.4) is 0 Å². The van der Waals surface area contributed by atoms with Crippen LogP contribution in [0.1, 0.15) is 84.8 Å². The average Bonchev–Trinajstić information content (AvgIpc) is 0.803. The van der Waals surface area contributed by atoms with Crippen LogP contribution in [0.2, 0.25) is 0 Å². The minimum Gasteiger partial charge on any atom is -0.0622 e. The van der Waals surface area contributed by atoms with Crippen molar-refractivity contribution in [2.24, 2.45) is 0 Å². The Kier molecular flexibility index (Phi) is 39.1. The van der Waals surface area contributed by atoms with Gasteiger partial charge in [0.05, 0.1) is 0 Å². The maximum atomic E-state index is 2.25. The number of hydrogen-bond donors (Lipinski definition) is 0. The van der Waals surface area contributed by atoms with Crippen LogP contribution in [0.4, 0.5) is 0 Å². The summed E-state index contributed by atoms with van der Waals surface area (Å²) in [5, 5.41) is 10.5. The summed E-state index contributed by atoms with van der Waals surface area (Å²) in [6.45, 7) is 29.6. The van der Waals surface area contributed by atoms with E-state index in [2.05, 4.69) is 570 Å². The van der Waals surface area contributed by atoms with Crippen molar-refractivity contribution in [3.05, 3.63) is 587 Å². The minimum absolute atomic E-state index is 1.14. The molecule has 21 aromatic rings. The van der Waals surface area contributed by atoms with Gasteiger partial charge in [0.2, 0.25) is 0 Å². The molecule has 0 spiro atoms. The Balaban J connectivity index is 0.000000142. The maximum absolute atomic E-state index is 2.25. The van der Waals surface area contributed by atoms with Gasteiger partial charge in [-0.25, -0.2) is 0 Å². The van der Waals surface area contributed by atoms with E-state index < -0.39 is 0 Å². The summed E-state index contributed by atoms with van der Waals surface area (Å²) in [5.74, 6) is 0. The number of fused-ring (bicyclic) bond motifs is 4. The molecule has 0 saturated heterocycles. The van der Waals surface area contributed by atoms with Crippen molar-refractivity contribution in [3.8, 4) is 66.8 Å². The number of aryl methyl sites for hydroxylation is 14. The van der Waals surface area contributed by atoms with Gasteiger partial charge in [0.1, 0.15) is 0 Å². The molecule has 0 aliphatic rings. The molecule has 0 fully saturated rings. The Morgan fingerprint density at radius 3 is 0.797 bits per heavy atom. The average molecular weight is 1730 g/mol. The van der Waals surface area contributed by atoms with Crippen LogP contribution in [-0.2, 0) is 6.42 Å². The van der Waals surface area contributed by atoms with Crippen LogP contribution < -0.4 is 0 Å². The molecule has 0 amide bonds. The Morgan fingerprint density at radius 2 is 0.368 bits per heavy atom. The van der Waals surface area contributed by atoms with Crippen molar-refractivity contribution < 1.29 is 0 Å². The number of benzene rings is 21. The molecule has 0 aromatic heterocycles. The molecule has 0 unspecified atom stereocenters. The second kappa shape index (κ2) is 53.0. The molecule has 0 heteroatoms. The quantitative estimate of drug-likeness (QED) is 0.149. The predicted octanol–water partition coefficient (Wildman–Crippen LogP) is 37.7. The Bertz CT molecular complexity index is 6850. The third-order valence-electron chi connectivity index (χ3n) is 22.8. The minimum atomic E-state index is 1.14. The fourth-order valence-electron chi connectivity index (χ4n) is 14.9. The molecule has 0 heterocycles. The number of hydrogen-bond acceptors (Lipinski definition) is 0. The SMILES string of the molecule is CCc1ccc(C)cc1.Cc1ccc(-c2ccc(C)cc2)cc1.Cc1ccc(-c2ccc3ccccc3c2)cc1.Cc1ccc(-c2cccc3ccccc23)cc1.Cc1ccc(-c2ccccc2)cc1.Cc1ccc(C)cc1.Cc1ccc2ccccc2c1.Cc1cccc(-c2ccccc2)c1.Cc1cccc2ccccc12.Cc1ccccc1.Cc1ccccc1-c1ccccc1. The van der Waals surface area contributed by atoms with Gasteiger partial charge in [0.15, 0.2) is 0 Å². The van der Waals surface area contributed by atoms with Gasteiger partial charge in [-0.2, -0.15) is 0 Å². The zero-order valence-electron chi connectivity index (χ0n) is 80.2. The van der Waals surface area contributed by atoms with Crippen molar-refractivity contribution >= 4 is 43.1 Å². The third kappa shape index (κ3) is 33.0. The first-order valence-electron chi connectivity index (χ1n) is 46.4. The molecule has 0 bridgehead atoms. The second-order valence-corrected chi connectivity index (χ2v) is 34.0. The topological polar surface area (TPSA) is 0 Å². The lowest BCUT2D eigenvalue weighted by molar-refractivity contribution is 1.14. The van der Waals surface area contributed by atoms with E-state index in [1.807, 2.05) is 36.4 Å². The smallest absolute Gasteiger partial charge is 0.0105 e. The van der Waals surface area contributed by atoms with E-state index in [1.54, 1.807) is 0 Å². The molecule has 0 nitrogen and oxygen atoms in total. The second-order valence-electron chi connectivity index (χ2n) is 34.0. The molecule has 21 rings (SSSR count). The lowest BCUT2D eigenvalue weighted by Crippen LogP contribution is -1.81. The van der Waals surface area contributed by atoms with Gasteiger partial charge in [-0.15, -0.1) is 0 Å². The van der Waals surface area contributed by atoms with Crippen molar-refractivity contribution in [1.82, 2.24) is 0 Å². The summed E-state index contributed by atoms with van der Waals surface area (Å²) < 4.78 is 0. The van der Waals surface area contributed by atoms with Gasteiger partial charge in [0, 0.05) is 0 Å². The van der Waals surface area contributed by atoms with Gasteiger partial charge in [-0.3, -0.25) is 0 Å². The van der Waals surface area contributed by atoms with E-state index >= 15 is 0 Å². The summed E-state index contributed by atoms with van der Waals surface area (Å²) in [7, 11) is 0. The first-order valence-corrected chi connectivity index (χ1v) is 46.4. The van der Waals surface area contributed by atoms with E-state index in [4.69, 9.17) is 0 Å². The van der Waals surface area contributed by atoms with Gasteiger partial charge in [-0.05, 0) is 229 Å². The van der Waals surface area contributed by atoms with Crippen LogP contribution in [0.25, 0.3) is 110 Å². The summed E-state index contributed by atoms with van der Waals surface area (Å²) in [6.07, 6.45) is 1.14. The van der Waals surface area contributed by atoms with Crippen LogP contribution >= 0.6 is 0 Å². The van der Waals surface area contributed by atoms with Crippen molar-refractivity contribution in [2.75, 3.05) is 0 Å². The van der Waals surface area contributed by atoms with Crippen LogP contribution in [-0.4, -0.2) is 0 Å². The Morgan fingerprint density at radius 1 is 0.128 bits per heavy atom. The molecule has 0 N–H and O–H groups in total. The van der Waals surface area contributed by atoms with Crippen molar-refractivity contribution in [1.29, 1.82) is 0 Å². The largest absolute Gasteiger partial charge is 0.0622 e. The van der Waals surface area contributed by atoms with E-state index in [0.29, 0.717) is 0 Å². The molecule has 0 aliphatic carbocycles. The Hall–Kier alpha value is -15.3. The zero-order valence-corrected chi connectivity index (χ0v) is 80.2. The fourth-order valence-corrected chi connectivity index (χ4v) is 14.9. The van der Waals surface area contributed by atoms with Gasteiger partial charge >= 0.3 is 0 Å². The lowest BCUT2D eigenvalue weighted by atomic mass is 9.98.